The summed E-state index contributed by atoms with van der Waals surface area (Å²) in [6.07, 6.45) is 4.90. The summed E-state index contributed by atoms with van der Waals surface area (Å²) in [7, 11) is 2.10. The zero-order chi connectivity index (χ0) is 14.3. The smallest absolute Gasteiger partial charge is 0.282 e. The molecule has 5 nitrogen and oxygen atoms in total. The Labute approximate surface area is 132 Å². The number of halogens is 1. The molecule has 2 aliphatic rings. The zero-order valence-electron chi connectivity index (χ0n) is 11.4. The Morgan fingerprint density at radius 3 is 2.55 bits per heavy atom. The first-order chi connectivity index (χ1) is 9.54. The first-order valence-electron chi connectivity index (χ1n) is 6.97. The molecule has 0 aliphatic carbocycles. The van der Waals surface area contributed by atoms with Crippen molar-refractivity contribution in [1.82, 2.24) is 5.32 Å². The second-order valence-corrected chi connectivity index (χ2v) is 6.93. The van der Waals surface area contributed by atoms with Gasteiger partial charge in [0.25, 0.3) is 5.69 Å². The maximum Gasteiger partial charge on any atom is 0.282 e. The van der Waals surface area contributed by atoms with Crippen molar-refractivity contribution in [2.24, 2.45) is 0 Å². The number of benzene rings is 1. The Bertz CT molecular complexity index is 525. The Hall–Kier alpha value is -0.890. The molecule has 0 radical (unpaired) electrons. The van der Waals surface area contributed by atoms with Crippen molar-refractivity contribution in [2.45, 2.75) is 43.8 Å². The number of nitro benzene ring substituents is 1. The van der Waals surface area contributed by atoms with Crippen LogP contribution in [0.1, 0.15) is 25.7 Å². The maximum atomic E-state index is 10.9. The highest BCUT2D eigenvalue weighted by Crippen LogP contribution is 2.33. The van der Waals surface area contributed by atoms with Crippen LogP contribution in [-0.4, -0.2) is 30.1 Å². The van der Waals surface area contributed by atoms with E-state index in [9.17, 15) is 10.1 Å². The molecule has 0 spiro atoms. The summed E-state index contributed by atoms with van der Waals surface area (Å²) >= 11 is 2.05. The van der Waals surface area contributed by atoms with E-state index in [4.69, 9.17) is 0 Å². The van der Waals surface area contributed by atoms with E-state index in [2.05, 4.69) is 17.3 Å². The van der Waals surface area contributed by atoms with Crippen LogP contribution in [0.4, 0.5) is 11.4 Å². The molecular weight excluding hydrogens is 369 g/mol. The van der Waals surface area contributed by atoms with Gasteiger partial charge >= 0.3 is 0 Å². The van der Waals surface area contributed by atoms with Crippen LogP contribution in [0.2, 0.25) is 0 Å². The first-order valence-corrected chi connectivity index (χ1v) is 8.05. The van der Waals surface area contributed by atoms with Gasteiger partial charge in [-0.15, -0.1) is 0 Å². The van der Waals surface area contributed by atoms with Crippen molar-refractivity contribution in [3.05, 3.63) is 31.9 Å². The van der Waals surface area contributed by atoms with E-state index >= 15 is 0 Å². The molecule has 108 valence electrons. The van der Waals surface area contributed by atoms with Gasteiger partial charge in [-0.2, -0.15) is 0 Å². The van der Waals surface area contributed by atoms with Crippen molar-refractivity contribution >= 4 is 34.0 Å². The molecule has 2 atom stereocenters. The molecule has 2 heterocycles. The van der Waals surface area contributed by atoms with Crippen molar-refractivity contribution in [3.8, 4) is 0 Å². The number of hydrogen-bond donors (Lipinski definition) is 1. The van der Waals surface area contributed by atoms with Crippen LogP contribution in [0.5, 0.6) is 0 Å². The van der Waals surface area contributed by atoms with E-state index in [1.54, 1.807) is 6.07 Å². The number of anilines is 1. The fourth-order valence-corrected chi connectivity index (χ4v) is 4.11. The third kappa shape index (κ3) is 2.63. The van der Waals surface area contributed by atoms with E-state index < -0.39 is 0 Å². The SMILES string of the molecule is CN(c1ccc([N+](=O)[O-])c(I)c1)C1CC2CCC(C1)N2. The van der Waals surface area contributed by atoms with Gasteiger partial charge in [0.1, 0.15) is 0 Å². The van der Waals surface area contributed by atoms with Crippen LogP contribution in [0.15, 0.2) is 18.2 Å². The summed E-state index contributed by atoms with van der Waals surface area (Å²) in [5.41, 5.74) is 1.26. The lowest BCUT2D eigenvalue weighted by molar-refractivity contribution is -0.385. The molecule has 1 aromatic rings. The molecule has 2 unspecified atom stereocenters. The van der Waals surface area contributed by atoms with Crippen molar-refractivity contribution in [3.63, 3.8) is 0 Å². The number of fused-ring (bicyclic) bond motifs is 2. The van der Waals surface area contributed by atoms with Crippen LogP contribution in [0, 0.1) is 13.7 Å². The second-order valence-electron chi connectivity index (χ2n) is 5.77. The molecule has 2 fully saturated rings. The summed E-state index contributed by atoms with van der Waals surface area (Å²) in [6.45, 7) is 0. The van der Waals surface area contributed by atoms with Crippen LogP contribution in [-0.2, 0) is 0 Å². The van der Waals surface area contributed by atoms with Gasteiger partial charge in [0.05, 0.1) is 8.49 Å². The van der Waals surface area contributed by atoms with Gasteiger partial charge in [-0.3, -0.25) is 10.1 Å². The molecule has 1 aromatic carbocycles. The Morgan fingerprint density at radius 2 is 2.00 bits per heavy atom. The monoisotopic (exact) mass is 387 g/mol. The average Bonchev–Trinajstić information content (AvgIpc) is 2.76. The molecule has 2 bridgehead atoms. The molecule has 0 amide bonds. The molecule has 2 saturated heterocycles. The number of hydrogen-bond acceptors (Lipinski definition) is 4. The highest BCUT2D eigenvalue weighted by atomic mass is 127. The van der Waals surface area contributed by atoms with E-state index in [1.807, 2.05) is 34.7 Å². The fourth-order valence-electron chi connectivity index (χ4n) is 3.42. The number of nitrogens with one attached hydrogen (secondary N) is 1. The van der Waals surface area contributed by atoms with E-state index in [-0.39, 0.29) is 10.6 Å². The van der Waals surface area contributed by atoms with Gasteiger partial charge in [0, 0.05) is 36.9 Å². The van der Waals surface area contributed by atoms with Crippen LogP contribution in [0.25, 0.3) is 0 Å². The minimum atomic E-state index is -0.323. The lowest BCUT2D eigenvalue weighted by atomic mass is 9.98. The summed E-state index contributed by atoms with van der Waals surface area (Å²) in [5.74, 6) is 0. The number of nitro groups is 1. The van der Waals surface area contributed by atoms with Gasteiger partial charge in [0.2, 0.25) is 0 Å². The minimum Gasteiger partial charge on any atom is -0.371 e. The van der Waals surface area contributed by atoms with E-state index in [0.29, 0.717) is 21.7 Å². The molecule has 20 heavy (non-hydrogen) atoms. The highest BCUT2D eigenvalue weighted by Gasteiger charge is 2.35. The Kier molecular flexibility index (Phi) is 3.85. The van der Waals surface area contributed by atoms with Crippen molar-refractivity contribution < 1.29 is 4.92 Å². The fraction of sp³-hybridized carbons (Fsp3) is 0.571. The summed E-state index contributed by atoms with van der Waals surface area (Å²) < 4.78 is 0.703. The largest absolute Gasteiger partial charge is 0.371 e. The third-order valence-electron chi connectivity index (χ3n) is 4.53. The second kappa shape index (κ2) is 5.48. The van der Waals surface area contributed by atoms with Gasteiger partial charge in [-0.25, -0.2) is 0 Å². The van der Waals surface area contributed by atoms with Crippen molar-refractivity contribution in [2.75, 3.05) is 11.9 Å². The van der Waals surface area contributed by atoms with Gasteiger partial charge in [-0.05, 0) is 60.4 Å². The molecule has 1 N–H and O–H groups in total. The molecule has 0 aromatic heterocycles. The topological polar surface area (TPSA) is 58.4 Å². The molecule has 0 saturated carbocycles. The average molecular weight is 387 g/mol. The standard InChI is InChI=1S/C14H18IN3O2/c1-17(12-6-9-2-3-10(7-12)16-9)11-4-5-14(18(19)20)13(15)8-11/h4-5,8-10,12,16H,2-3,6-7H2,1H3. The van der Waals surface area contributed by atoms with Crippen LogP contribution >= 0.6 is 22.6 Å². The summed E-state index contributed by atoms with van der Waals surface area (Å²) in [5, 5.41) is 14.5. The van der Waals surface area contributed by atoms with Gasteiger partial charge in [0.15, 0.2) is 0 Å². The number of piperidine rings is 1. The summed E-state index contributed by atoms with van der Waals surface area (Å²) in [4.78, 5) is 12.8. The summed E-state index contributed by atoms with van der Waals surface area (Å²) in [6, 6.07) is 7.23. The first kappa shape index (κ1) is 14.1. The van der Waals surface area contributed by atoms with E-state index in [0.717, 1.165) is 5.69 Å². The zero-order valence-corrected chi connectivity index (χ0v) is 13.5. The van der Waals surface area contributed by atoms with Gasteiger partial charge in [-0.1, -0.05) is 0 Å². The molecule has 3 rings (SSSR count). The predicted octanol–water partition coefficient (Wildman–Crippen LogP) is 2.92. The molecule has 6 heteroatoms. The predicted molar refractivity (Wildman–Crippen MR) is 87.2 cm³/mol. The highest BCUT2D eigenvalue weighted by molar-refractivity contribution is 14.1. The Balaban J connectivity index is 1.78. The molecular formula is C14H18IN3O2. The number of rotatable bonds is 3. The molecule has 2 aliphatic heterocycles. The van der Waals surface area contributed by atoms with Crippen LogP contribution in [0.3, 0.4) is 0 Å². The van der Waals surface area contributed by atoms with Gasteiger partial charge < -0.3 is 10.2 Å². The third-order valence-corrected chi connectivity index (χ3v) is 5.40. The minimum absolute atomic E-state index is 0.188. The Morgan fingerprint density at radius 1 is 1.35 bits per heavy atom. The van der Waals surface area contributed by atoms with Crippen LogP contribution < -0.4 is 10.2 Å². The maximum absolute atomic E-state index is 10.9. The van der Waals surface area contributed by atoms with Crippen molar-refractivity contribution in [1.29, 1.82) is 0 Å². The lowest BCUT2D eigenvalue weighted by Crippen LogP contribution is -2.47. The normalized spacial score (nSPS) is 28.4. The lowest BCUT2D eigenvalue weighted by Gasteiger charge is -2.37. The quantitative estimate of drug-likeness (QED) is 0.492. The number of nitrogens with zero attached hydrogens (tertiary/aromatic N) is 2. The van der Waals surface area contributed by atoms with E-state index in [1.165, 1.54) is 25.7 Å².